The first-order valence-corrected chi connectivity index (χ1v) is 10.9. The van der Waals surface area contributed by atoms with Crippen LogP contribution in [0.25, 0.3) is 0 Å². The number of hydrogen-bond acceptors (Lipinski definition) is 4. The molecule has 0 unspecified atom stereocenters. The average Bonchev–Trinajstić information content (AvgIpc) is 2.73. The van der Waals surface area contributed by atoms with Crippen LogP contribution in [0, 0.1) is 5.92 Å². The fourth-order valence-corrected chi connectivity index (χ4v) is 4.52. The Morgan fingerprint density at radius 1 is 1.04 bits per heavy atom. The predicted molar refractivity (Wildman–Crippen MR) is 110 cm³/mol. The number of rotatable bonds is 9. The molecule has 154 valence electrons. The quantitative estimate of drug-likeness (QED) is 0.662. The van der Waals surface area contributed by atoms with E-state index in [4.69, 9.17) is 4.74 Å². The number of nitrogens with zero attached hydrogens (tertiary/aromatic N) is 1. The van der Waals surface area contributed by atoms with Crippen molar-refractivity contribution in [1.29, 1.82) is 0 Å². The van der Waals surface area contributed by atoms with E-state index in [0.717, 1.165) is 12.8 Å². The molecule has 2 heterocycles. The molecule has 1 aromatic rings. The van der Waals surface area contributed by atoms with Gasteiger partial charge in [-0.25, -0.2) is 0 Å². The van der Waals surface area contributed by atoms with Crippen molar-refractivity contribution in [3.05, 3.63) is 35.9 Å². The fourth-order valence-electron chi connectivity index (χ4n) is 4.52. The first kappa shape index (κ1) is 20.8. The van der Waals surface area contributed by atoms with Crippen LogP contribution in [0.2, 0.25) is 0 Å². The Balaban J connectivity index is 1.25. The summed E-state index contributed by atoms with van der Waals surface area (Å²) >= 11 is 0. The third-order valence-corrected chi connectivity index (χ3v) is 6.05. The smallest absolute Gasteiger partial charge is 0.305 e. The van der Waals surface area contributed by atoms with Gasteiger partial charge in [-0.15, -0.1) is 0 Å². The highest BCUT2D eigenvalue weighted by molar-refractivity contribution is 5.77. The lowest BCUT2D eigenvalue weighted by Gasteiger charge is -2.44. The van der Waals surface area contributed by atoms with Gasteiger partial charge in [0.25, 0.3) is 0 Å². The van der Waals surface area contributed by atoms with Gasteiger partial charge in [-0.05, 0) is 57.2 Å². The fraction of sp³-hybridized carbons (Fsp3) is 0.652. The Morgan fingerprint density at radius 3 is 2.71 bits per heavy atom. The summed E-state index contributed by atoms with van der Waals surface area (Å²) in [5, 5.41) is 2.92. The van der Waals surface area contributed by atoms with Gasteiger partial charge < -0.3 is 10.1 Å². The van der Waals surface area contributed by atoms with Crippen molar-refractivity contribution in [2.45, 2.75) is 63.8 Å². The average molecular weight is 387 g/mol. The van der Waals surface area contributed by atoms with Crippen LogP contribution >= 0.6 is 0 Å². The lowest BCUT2D eigenvalue weighted by Crippen LogP contribution is -2.49. The summed E-state index contributed by atoms with van der Waals surface area (Å²) in [7, 11) is 0. The maximum atomic E-state index is 12.1. The van der Waals surface area contributed by atoms with Crippen LogP contribution in [0.5, 0.6) is 0 Å². The Labute approximate surface area is 168 Å². The molecule has 1 amide bonds. The summed E-state index contributed by atoms with van der Waals surface area (Å²) < 4.78 is 5.55. The molecule has 0 radical (unpaired) electrons. The van der Waals surface area contributed by atoms with E-state index in [1.54, 1.807) is 0 Å². The lowest BCUT2D eigenvalue weighted by atomic mass is 9.84. The van der Waals surface area contributed by atoms with Crippen LogP contribution < -0.4 is 5.32 Å². The molecule has 0 aliphatic carbocycles. The van der Waals surface area contributed by atoms with E-state index in [2.05, 4.69) is 22.3 Å². The predicted octanol–water partition coefficient (Wildman–Crippen LogP) is 3.32. The molecule has 3 rings (SSSR count). The first-order chi connectivity index (χ1) is 13.7. The Hall–Kier alpha value is -1.88. The molecule has 2 fully saturated rings. The molecule has 0 saturated carbocycles. The minimum absolute atomic E-state index is 0.00820. The Morgan fingerprint density at radius 2 is 1.86 bits per heavy atom. The zero-order valence-electron chi connectivity index (χ0n) is 16.9. The first-order valence-electron chi connectivity index (χ1n) is 10.9. The Bertz CT molecular complexity index is 618. The van der Waals surface area contributed by atoms with E-state index in [1.807, 2.05) is 18.2 Å². The number of hydrogen-bond donors (Lipinski definition) is 1. The van der Waals surface area contributed by atoms with Crippen molar-refractivity contribution in [1.82, 2.24) is 10.2 Å². The second-order valence-corrected chi connectivity index (χ2v) is 8.12. The summed E-state index contributed by atoms with van der Waals surface area (Å²) in [5.41, 5.74) is 1.21. The largest absolute Gasteiger partial charge is 0.465 e. The van der Waals surface area contributed by atoms with Crippen molar-refractivity contribution in [2.75, 3.05) is 26.2 Å². The van der Waals surface area contributed by atoms with Gasteiger partial charge in [-0.1, -0.05) is 36.8 Å². The molecule has 28 heavy (non-hydrogen) atoms. The highest BCUT2D eigenvalue weighted by atomic mass is 16.5. The number of carbonyl (C=O) groups excluding carboxylic acids is 2. The van der Waals surface area contributed by atoms with E-state index in [-0.39, 0.29) is 11.9 Å². The zero-order chi connectivity index (χ0) is 19.6. The number of esters is 1. The van der Waals surface area contributed by atoms with Gasteiger partial charge in [0.1, 0.15) is 0 Å². The minimum Gasteiger partial charge on any atom is -0.465 e. The van der Waals surface area contributed by atoms with Crippen molar-refractivity contribution >= 4 is 11.9 Å². The summed E-state index contributed by atoms with van der Waals surface area (Å²) in [6.07, 6.45) is 8.30. The summed E-state index contributed by atoms with van der Waals surface area (Å²) in [5.74, 6) is 0.332. The molecule has 0 aromatic heterocycles. The number of nitrogens with one attached hydrogen (secondary N) is 1. The van der Waals surface area contributed by atoms with Crippen LogP contribution in [-0.4, -0.2) is 49.1 Å². The minimum atomic E-state index is -0.162. The number of carbonyl (C=O) groups is 2. The highest BCUT2D eigenvalue weighted by Gasteiger charge is 2.33. The number of benzene rings is 1. The second-order valence-electron chi connectivity index (χ2n) is 8.12. The summed E-state index contributed by atoms with van der Waals surface area (Å²) in [6.45, 7) is 3.58. The van der Waals surface area contributed by atoms with E-state index in [1.165, 1.54) is 44.3 Å². The van der Waals surface area contributed by atoms with Crippen molar-refractivity contribution in [3.8, 4) is 0 Å². The summed E-state index contributed by atoms with van der Waals surface area (Å²) in [4.78, 5) is 26.6. The van der Waals surface area contributed by atoms with Gasteiger partial charge in [-0.3, -0.25) is 14.5 Å². The maximum absolute atomic E-state index is 12.1. The van der Waals surface area contributed by atoms with Crippen LogP contribution in [0.15, 0.2) is 30.3 Å². The number of fused-ring (bicyclic) bond motifs is 1. The zero-order valence-corrected chi connectivity index (χ0v) is 16.9. The Kier molecular flexibility index (Phi) is 8.34. The molecule has 2 aliphatic rings. The third-order valence-electron chi connectivity index (χ3n) is 6.05. The molecule has 1 aromatic carbocycles. The van der Waals surface area contributed by atoms with Gasteiger partial charge in [0.15, 0.2) is 0 Å². The maximum Gasteiger partial charge on any atom is 0.305 e. The van der Waals surface area contributed by atoms with E-state index < -0.39 is 0 Å². The van der Waals surface area contributed by atoms with E-state index >= 15 is 0 Å². The van der Waals surface area contributed by atoms with E-state index in [9.17, 15) is 9.59 Å². The van der Waals surface area contributed by atoms with E-state index in [0.29, 0.717) is 44.4 Å². The topological polar surface area (TPSA) is 58.6 Å². The molecule has 5 heteroatoms. The SMILES string of the molecule is O=C(CCCC(=O)OC[C@H]1CCCN2CCCC[C@H]12)NCCc1ccccc1. The molecule has 5 nitrogen and oxygen atoms in total. The molecule has 2 saturated heterocycles. The van der Waals surface area contributed by atoms with Gasteiger partial charge in [0, 0.05) is 31.3 Å². The molecule has 2 atom stereocenters. The van der Waals surface area contributed by atoms with Crippen molar-refractivity contribution in [2.24, 2.45) is 5.92 Å². The molecule has 0 bridgehead atoms. The highest BCUT2D eigenvalue weighted by Crippen LogP contribution is 2.31. The van der Waals surface area contributed by atoms with Gasteiger partial charge in [0.05, 0.1) is 6.61 Å². The molecule has 0 spiro atoms. The van der Waals surface area contributed by atoms with Gasteiger partial charge in [-0.2, -0.15) is 0 Å². The standard InChI is InChI=1S/C23H34N2O3/c26-22(24-15-14-19-8-2-1-3-9-19)12-6-13-23(27)28-18-20-10-7-17-25-16-5-4-11-21(20)25/h1-3,8-9,20-21H,4-7,10-18H2,(H,24,26)/t20-,21-/m1/s1. The van der Waals surface area contributed by atoms with Gasteiger partial charge in [0.2, 0.25) is 5.91 Å². The van der Waals surface area contributed by atoms with Gasteiger partial charge >= 0.3 is 5.97 Å². The summed E-state index contributed by atoms with van der Waals surface area (Å²) in [6, 6.07) is 10.7. The molecular formula is C23H34N2O3. The number of piperidine rings is 2. The van der Waals surface area contributed by atoms with Crippen LogP contribution in [0.4, 0.5) is 0 Å². The molecule has 1 N–H and O–H groups in total. The van der Waals surface area contributed by atoms with Crippen LogP contribution in [-0.2, 0) is 20.7 Å². The van der Waals surface area contributed by atoms with Crippen LogP contribution in [0.1, 0.15) is 56.9 Å². The normalized spacial score (nSPS) is 22.3. The molecular weight excluding hydrogens is 352 g/mol. The molecule has 2 aliphatic heterocycles. The monoisotopic (exact) mass is 386 g/mol. The van der Waals surface area contributed by atoms with Crippen molar-refractivity contribution in [3.63, 3.8) is 0 Å². The third kappa shape index (κ3) is 6.62. The number of amides is 1. The lowest BCUT2D eigenvalue weighted by molar-refractivity contribution is -0.146. The van der Waals surface area contributed by atoms with Crippen molar-refractivity contribution < 1.29 is 14.3 Å². The van der Waals surface area contributed by atoms with Crippen LogP contribution in [0.3, 0.4) is 0 Å². The second kappa shape index (κ2) is 11.2. The number of ether oxygens (including phenoxy) is 1.